The van der Waals surface area contributed by atoms with Crippen LogP contribution in [-0.4, -0.2) is 27.3 Å². The van der Waals surface area contributed by atoms with Crippen LogP contribution in [-0.2, 0) is 13.6 Å². The number of carbonyl (C=O) groups excluding carboxylic acids is 1. The zero-order valence-corrected chi connectivity index (χ0v) is 12.7. The van der Waals surface area contributed by atoms with Gasteiger partial charge >= 0.3 is 6.03 Å². The van der Waals surface area contributed by atoms with Crippen LogP contribution in [0.15, 0.2) is 16.7 Å². The molecule has 0 aromatic carbocycles. The minimum atomic E-state index is -0.321. The van der Waals surface area contributed by atoms with Crippen LogP contribution in [0.25, 0.3) is 0 Å². The number of nitrogens with zero attached hydrogens (tertiary/aromatic N) is 3. The summed E-state index contributed by atoms with van der Waals surface area (Å²) < 4.78 is 11.5. The number of aromatic nitrogens is 3. The number of urea groups is 1. The maximum Gasteiger partial charge on any atom is 0.320 e. The van der Waals surface area contributed by atoms with Gasteiger partial charge in [0, 0.05) is 19.3 Å². The van der Waals surface area contributed by atoms with E-state index in [4.69, 9.17) is 4.74 Å². The number of aryl methyl sites for hydroxylation is 1. The van der Waals surface area contributed by atoms with Crippen LogP contribution in [0.2, 0.25) is 0 Å². The molecule has 2 N–H and O–H groups in total. The second kappa shape index (κ2) is 6.02. The van der Waals surface area contributed by atoms with Gasteiger partial charge < -0.3 is 10.1 Å². The fourth-order valence-corrected chi connectivity index (χ4v) is 2.72. The molecule has 102 valence electrons. The zero-order chi connectivity index (χ0) is 13.8. The topological polar surface area (TPSA) is 81.1 Å². The van der Waals surface area contributed by atoms with Crippen LogP contribution in [0.1, 0.15) is 4.88 Å². The Morgan fingerprint density at radius 2 is 2.42 bits per heavy atom. The number of ether oxygens (including phenoxy) is 1. The lowest BCUT2D eigenvalue weighted by Gasteiger charge is -2.04. The summed E-state index contributed by atoms with van der Waals surface area (Å²) in [6.07, 6.45) is 1.75. The molecule has 0 atom stereocenters. The van der Waals surface area contributed by atoms with Gasteiger partial charge in [-0.3, -0.25) is 10.00 Å². The summed E-state index contributed by atoms with van der Waals surface area (Å²) in [5.74, 6) is 1.02. The molecule has 0 fully saturated rings. The standard InChI is InChI=1S/C10H12BrN5O2S/c1-16-4-3-7(14-16)13-10(17)12-5-6-8(11)9(18-2)15-19-6/h3-4H,5H2,1-2H3,(H2,12,13,14,17). The van der Waals surface area contributed by atoms with Gasteiger partial charge in [-0.2, -0.15) is 9.47 Å². The quantitative estimate of drug-likeness (QED) is 0.887. The van der Waals surface area contributed by atoms with Gasteiger partial charge in [-0.25, -0.2) is 4.79 Å². The van der Waals surface area contributed by atoms with E-state index in [-0.39, 0.29) is 6.03 Å². The van der Waals surface area contributed by atoms with E-state index in [1.807, 2.05) is 0 Å². The lowest BCUT2D eigenvalue weighted by Crippen LogP contribution is -2.28. The average Bonchev–Trinajstić information content (AvgIpc) is 2.93. The Morgan fingerprint density at radius 1 is 1.63 bits per heavy atom. The van der Waals surface area contributed by atoms with Crippen molar-refractivity contribution in [2.24, 2.45) is 7.05 Å². The van der Waals surface area contributed by atoms with E-state index >= 15 is 0 Å². The molecule has 2 aromatic heterocycles. The summed E-state index contributed by atoms with van der Waals surface area (Å²) in [4.78, 5) is 12.5. The third-order valence-corrected chi connectivity index (χ3v) is 4.14. The van der Waals surface area contributed by atoms with Gasteiger partial charge in [0.1, 0.15) is 0 Å². The first kappa shape index (κ1) is 13.8. The van der Waals surface area contributed by atoms with E-state index in [0.717, 1.165) is 9.35 Å². The van der Waals surface area contributed by atoms with Gasteiger partial charge in [0.05, 0.1) is 23.0 Å². The Morgan fingerprint density at radius 3 is 3.00 bits per heavy atom. The Kier molecular flexibility index (Phi) is 4.38. The smallest absolute Gasteiger partial charge is 0.320 e. The SMILES string of the molecule is COc1nsc(CNC(=O)Nc2ccn(C)n2)c1Br. The summed E-state index contributed by atoms with van der Waals surface area (Å²) in [7, 11) is 3.33. The zero-order valence-electron chi connectivity index (χ0n) is 10.3. The number of hydrogen-bond acceptors (Lipinski definition) is 5. The fraction of sp³-hybridized carbons (Fsp3) is 0.300. The Labute approximate surface area is 122 Å². The van der Waals surface area contributed by atoms with E-state index in [1.165, 1.54) is 11.5 Å². The number of methoxy groups -OCH3 is 1. The van der Waals surface area contributed by atoms with Gasteiger partial charge in [0.15, 0.2) is 5.82 Å². The molecule has 2 heterocycles. The first-order valence-corrected chi connectivity index (χ1v) is 6.89. The van der Waals surface area contributed by atoms with Gasteiger partial charge in [0.2, 0.25) is 5.88 Å². The lowest BCUT2D eigenvalue weighted by molar-refractivity contribution is 0.251. The minimum Gasteiger partial charge on any atom is -0.480 e. The molecule has 9 heteroatoms. The number of amides is 2. The van der Waals surface area contributed by atoms with Crippen molar-refractivity contribution in [1.29, 1.82) is 0 Å². The van der Waals surface area contributed by atoms with Crippen LogP contribution in [0, 0.1) is 0 Å². The Hall–Kier alpha value is -1.61. The highest BCUT2D eigenvalue weighted by molar-refractivity contribution is 9.10. The highest BCUT2D eigenvalue weighted by atomic mass is 79.9. The first-order valence-electron chi connectivity index (χ1n) is 5.32. The maximum absolute atomic E-state index is 11.6. The molecule has 0 saturated carbocycles. The molecule has 2 aromatic rings. The molecule has 0 spiro atoms. The van der Waals surface area contributed by atoms with Crippen LogP contribution in [0.4, 0.5) is 10.6 Å². The predicted octanol–water partition coefficient (Wildman–Crippen LogP) is 1.97. The third kappa shape index (κ3) is 3.44. The van der Waals surface area contributed by atoms with E-state index < -0.39 is 0 Å². The van der Waals surface area contributed by atoms with Crippen LogP contribution < -0.4 is 15.4 Å². The summed E-state index contributed by atoms with van der Waals surface area (Å²) in [5.41, 5.74) is 0. The number of rotatable bonds is 4. The second-order valence-electron chi connectivity index (χ2n) is 3.61. The molecule has 0 unspecified atom stereocenters. The molecule has 0 aliphatic rings. The summed E-state index contributed by atoms with van der Waals surface area (Å²) in [6, 6.07) is 1.39. The highest BCUT2D eigenvalue weighted by Gasteiger charge is 2.12. The van der Waals surface area contributed by atoms with E-state index in [0.29, 0.717) is 18.2 Å². The van der Waals surface area contributed by atoms with Crippen LogP contribution >= 0.6 is 27.5 Å². The molecule has 0 aliphatic heterocycles. The van der Waals surface area contributed by atoms with Crippen LogP contribution in [0.3, 0.4) is 0 Å². The number of carbonyl (C=O) groups is 1. The Bertz CT molecular complexity index is 582. The normalized spacial score (nSPS) is 10.3. The predicted molar refractivity (Wildman–Crippen MR) is 75.4 cm³/mol. The number of nitrogens with one attached hydrogen (secondary N) is 2. The van der Waals surface area contributed by atoms with Crippen LogP contribution in [0.5, 0.6) is 5.88 Å². The molecule has 2 amide bonds. The van der Waals surface area contributed by atoms with Crippen molar-refractivity contribution >= 4 is 39.3 Å². The molecule has 0 bridgehead atoms. The molecule has 2 rings (SSSR count). The van der Waals surface area contributed by atoms with E-state index in [2.05, 4.69) is 36.0 Å². The van der Waals surface area contributed by atoms with Crippen molar-refractivity contribution in [3.8, 4) is 5.88 Å². The minimum absolute atomic E-state index is 0.321. The molecule has 0 aliphatic carbocycles. The maximum atomic E-state index is 11.6. The average molecular weight is 346 g/mol. The molecule has 0 radical (unpaired) electrons. The van der Waals surface area contributed by atoms with Gasteiger partial charge in [0.25, 0.3) is 0 Å². The lowest BCUT2D eigenvalue weighted by atomic mass is 10.5. The van der Waals surface area contributed by atoms with E-state index in [1.54, 1.807) is 31.1 Å². The second-order valence-corrected chi connectivity index (χ2v) is 5.26. The Balaban J connectivity index is 1.88. The van der Waals surface area contributed by atoms with Gasteiger partial charge in [-0.1, -0.05) is 0 Å². The molecule has 0 saturated heterocycles. The third-order valence-electron chi connectivity index (χ3n) is 2.23. The van der Waals surface area contributed by atoms with Gasteiger partial charge in [-0.05, 0) is 27.5 Å². The number of anilines is 1. The largest absolute Gasteiger partial charge is 0.480 e. The molecule has 7 nitrogen and oxygen atoms in total. The van der Waals surface area contributed by atoms with Crippen molar-refractivity contribution in [2.45, 2.75) is 6.54 Å². The van der Waals surface area contributed by atoms with Crippen molar-refractivity contribution in [3.63, 3.8) is 0 Å². The van der Waals surface area contributed by atoms with Crippen molar-refractivity contribution < 1.29 is 9.53 Å². The van der Waals surface area contributed by atoms with E-state index in [9.17, 15) is 4.79 Å². The summed E-state index contributed by atoms with van der Waals surface area (Å²) in [6.45, 7) is 0.361. The molecular weight excluding hydrogens is 334 g/mol. The number of hydrogen-bond donors (Lipinski definition) is 2. The molecular formula is C10H12BrN5O2S. The summed E-state index contributed by atoms with van der Waals surface area (Å²) >= 11 is 4.64. The highest BCUT2D eigenvalue weighted by Crippen LogP contribution is 2.30. The van der Waals surface area contributed by atoms with Crippen molar-refractivity contribution in [3.05, 3.63) is 21.6 Å². The number of halogens is 1. The monoisotopic (exact) mass is 345 g/mol. The fourth-order valence-electron chi connectivity index (χ4n) is 1.34. The molecule has 19 heavy (non-hydrogen) atoms. The van der Waals surface area contributed by atoms with Crippen molar-refractivity contribution in [1.82, 2.24) is 19.5 Å². The first-order chi connectivity index (χ1) is 9.10. The van der Waals surface area contributed by atoms with Gasteiger partial charge in [-0.15, -0.1) is 0 Å². The summed E-state index contributed by atoms with van der Waals surface area (Å²) in [5, 5.41) is 9.40. The van der Waals surface area contributed by atoms with Crippen molar-refractivity contribution in [2.75, 3.05) is 12.4 Å².